The maximum Gasteiger partial charge on any atom is 0.246 e. The third-order valence-corrected chi connectivity index (χ3v) is 2.93. The van der Waals surface area contributed by atoms with Gasteiger partial charge in [-0.1, -0.05) is 27.7 Å². The smallest absolute Gasteiger partial charge is 0.246 e. The highest BCUT2D eigenvalue weighted by molar-refractivity contribution is 5.80. The molecule has 0 spiro atoms. The van der Waals surface area contributed by atoms with E-state index in [2.05, 4.69) is 10.6 Å². The Balaban J connectivity index is 0. The number of ether oxygens (including phenoxy) is 3. The normalized spacial score (nSPS) is 10.1. The van der Waals surface area contributed by atoms with Gasteiger partial charge in [-0.2, -0.15) is 0 Å². The first-order valence-electron chi connectivity index (χ1n) is 9.20. The highest BCUT2D eigenvalue weighted by Crippen LogP contribution is 1.98. The van der Waals surface area contributed by atoms with Crippen molar-refractivity contribution < 1.29 is 28.6 Å². The molecule has 0 heterocycles. The maximum absolute atomic E-state index is 11.4. The highest BCUT2D eigenvalue weighted by atomic mass is 16.5. The zero-order valence-corrected chi connectivity index (χ0v) is 16.9. The van der Waals surface area contributed by atoms with E-state index in [0.717, 1.165) is 0 Å². The molecule has 0 aromatic heterocycles. The Kier molecular flexibility index (Phi) is 20.4. The van der Waals surface area contributed by atoms with Crippen molar-refractivity contribution in [1.29, 1.82) is 0 Å². The van der Waals surface area contributed by atoms with Gasteiger partial charge in [0.2, 0.25) is 11.8 Å². The standard InChI is InChI=1S/C16H30N2O6.C2H6/c1-13(2)15(20)4-7-22-10-11-23-8-6-18-16(21)12-24-9-5-17-14(3)19;1-2/h13H,4-12H2,1-3H3,(H,17,19)(H,18,21);1-2H3. The quantitative estimate of drug-likeness (QED) is 0.412. The summed E-state index contributed by atoms with van der Waals surface area (Å²) >= 11 is 0. The number of rotatable bonds is 15. The molecule has 0 rings (SSSR count). The Labute approximate surface area is 157 Å². The molecule has 0 saturated heterocycles. The van der Waals surface area contributed by atoms with Crippen LogP contribution >= 0.6 is 0 Å². The van der Waals surface area contributed by atoms with Crippen molar-refractivity contribution in [3.8, 4) is 0 Å². The topological polar surface area (TPSA) is 103 Å². The first-order chi connectivity index (χ1) is 12.4. The first-order valence-corrected chi connectivity index (χ1v) is 9.20. The second kappa shape index (κ2) is 19.8. The van der Waals surface area contributed by atoms with E-state index in [1.165, 1.54) is 6.92 Å². The highest BCUT2D eigenvalue weighted by Gasteiger charge is 2.06. The van der Waals surface area contributed by atoms with Crippen molar-refractivity contribution in [2.45, 2.75) is 41.0 Å². The van der Waals surface area contributed by atoms with Gasteiger partial charge in [-0.15, -0.1) is 0 Å². The van der Waals surface area contributed by atoms with Crippen LogP contribution in [0.5, 0.6) is 0 Å². The summed E-state index contributed by atoms with van der Waals surface area (Å²) in [6.45, 7) is 11.8. The van der Waals surface area contributed by atoms with Crippen molar-refractivity contribution >= 4 is 17.6 Å². The lowest BCUT2D eigenvalue weighted by Gasteiger charge is -2.08. The van der Waals surface area contributed by atoms with Gasteiger partial charge in [-0.05, 0) is 0 Å². The van der Waals surface area contributed by atoms with Crippen molar-refractivity contribution in [2.24, 2.45) is 5.92 Å². The van der Waals surface area contributed by atoms with Crippen LogP contribution in [0.15, 0.2) is 0 Å². The minimum absolute atomic E-state index is 0.0443. The average molecular weight is 376 g/mol. The molecule has 2 amide bonds. The lowest BCUT2D eigenvalue weighted by atomic mass is 10.1. The van der Waals surface area contributed by atoms with Crippen LogP contribution in [0.25, 0.3) is 0 Å². The summed E-state index contributed by atoms with van der Waals surface area (Å²) in [6.07, 6.45) is 0.426. The Bertz CT molecular complexity index is 375. The summed E-state index contributed by atoms with van der Waals surface area (Å²) in [6, 6.07) is 0. The van der Waals surface area contributed by atoms with Gasteiger partial charge in [0.05, 0.1) is 33.0 Å². The number of carbonyl (C=O) groups is 3. The van der Waals surface area contributed by atoms with E-state index in [4.69, 9.17) is 14.2 Å². The summed E-state index contributed by atoms with van der Waals surface area (Å²) in [5.41, 5.74) is 0. The lowest BCUT2D eigenvalue weighted by Crippen LogP contribution is -2.32. The maximum atomic E-state index is 11.4. The molecule has 0 unspecified atom stereocenters. The SMILES string of the molecule is CC.CC(=O)NCCOCC(=O)NCCOCCOCCC(=O)C(C)C. The fraction of sp³-hybridized carbons (Fsp3) is 0.833. The molecule has 8 heteroatoms. The van der Waals surface area contributed by atoms with Gasteiger partial charge in [0.25, 0.3) is 0 Å². The molecule has 0 fully saturated rings. The monoisotopic (exact) mass is 376 g/mol. The van der Waals surface area contributed by atoms with Gasteiger partial charge in [-0.3, -0.25) is 14.4 Å². The zero-order chi connectivity index (χ0) is 20.2. The molecular formula is C18H36N2O6. The predicted molar refractivity (Wildman–Crippen MR) is 100.0 cm³/mol. The minimum Gasteiger partial charge on any atom is -0.379 e. The van der Waals surface area contributed by atoms with Crippen LogP contribution in [0.1, 0.15) is 41.0 Å². The predicted octanol–water partition coefficient (Wildman–Crippen LogP) is 0.930. The van der Waals surface area contributed by atoms with E-state index >= 15 is 0 Å². The number of hydrogen-bond acceptors (Lipinski definition) is 6. The Morgan fingerprint density at radius 2 is 1.35 bits per heavy atom. The molecule has 0 bridgehead atoms. The molecule has 0 aliphatic carbocycles. The van der Waals surface area contributed by atoms with Crippen molar-refractivity contribution in [2.75, 3.05) is 52.7 Å². The second-order valence-corrected chi connectivity index (χ2v) is 5.48. The minimum atomic E-state index is -0.232. The van der Waals surface area contributed by atoms with Gasteiger partial charge in [0.1, 0.15) is 12.4 Å². The molecule has 0 aromatic carbocycles. The van der Waals surface area contributed by atoms with Crippen LogP contribution in [0.4, 0.5) is 0 Å². The lowest BCUT2D eigenvalue weighted by molar-refractivity contribution is -0.126. The van der Waals surface area contributed by atoms with Gasteiger partial charge in [-0.25, -0.2) is 0 Å². The molecule has 26 heavy (non-hydrogen) atoms. The number of amides is 2. The average Bonchev–Trinajstić information content (AvgIpc) is 2.61. The van der Waals surface area contributed by atoms with Gasteiger partial charge >= 0.3 is 0 Å². The summed E-state index contributed by atoms with van der Waals surface area (Å²) in [5.74, 6) is -0.124. The van der Waals surface area contributed by atoms with Crippen molar-refractivity contribution in [3.63, 3.8) is 0 Å². The molecule has 2 N–H and O–H groups in total. The first kappa shape index (κ1) is 26.7. The van der Waals surface area contributed by atoms with Crippen LogP contribution < -0.4 is 10.6 Å². The molecule has 0 radical (unpaired) electrons. The van der Waals surface area contributed by atoms with E-state index in [0.29, 0.717) is 52.5 Å². The summed E-state index contributed by atoms with van der Waals surface area (Å²) < 4.78 is 15.7. The fourth-order valence-electron chi connectivity index (χ4n) is 1.56. The molecule has 154 valence electrons. The van der Waals surface area contributed by atoms with Crippen LogP contribution in [0.3, 0.4) is 0 Å². The molecule has 0 aliphatic rings. The molecule has 0 saturated carbocycles. The van der Waals surface area contributed by atoms with Crippen LogP contribution in [-0.2, 0) is 28.6 Å². The van der Waals surface area contributed by atoms with E-state index in [1.807, 2.05) is 27.7 Å². The summed E-state index contributed by atoms with van der Waals surface area (Å²) in [7, 11) is 0. The Morgan fingerprint density at radius 1 is 0.808 bits per heavy atom. The van der Waals surface area contributed by atoms with Crippen LogP contribution in [0, 0.1) is 5.92 Å². The zero-order valence-electron chi connectivity index (χ0n) is 16.9. The molecule has 0 atom stereocenters. The third-order valence-electron chi connectivity index (χ3n) is 2.93. The Morgan fingerprint density at radius 3 is 1.92 bits per heavy atom. The summed E-state index contributed by atoms with van der Waals surface area (Å²) in [4.78, 5) is 33.3. The third kappa shape index (κ3) is 20.5. The largest absolute Gasteiger partial charge is 0.379 e. The van der Waals surface area contributed by atoms with E-state index < -0.39 is 0 Å². The molecular weight excluding hydrogens is 340 g/mol. The Hall–Kier alpha value is -1.51. The van der Waals surface area contributed by atoms with Crippen molar-refractivity contribution in [1.82, 2.24) is 10.6 Å². The number of hydrogen-bond donors (Lipinski definition) is 2. The van der Waals surface area contributed by atoms with Crippen LogP contribution in [-0.4, -0.2) is 70.3 Å². The van der Waals surface area contributed by atoms with Gasteiger partial charge in [0, 0.05) is 32.4 Å². The molecule has 8 nitrogen and oxygen atoms in total. The summed E-state index contributed by atoms with van der Waals surface area (Å²) in [5, 5.41) is 5.22. The number of carbonyl (C=O) groups excluding carboxylic acids is 3. The number of ketones is 1. The van der Waals surface area contributed by atoms with Gasteiger partial charge in [0.15, 0.2) is 0 Å². The van der Waals surface area contributed by atoms with E-state index in [9.17, 15) is 14.4 Å². The number of Topliss-reactive ketones (excluding diaryl/α,β-unsaturated/α-hetero) is 1. The van der Waals surface area contributed by atoms with Crippen molar-refractivity contribution in [3.05, 3.63) is 0 Å². The van der Waals surface area contributed by atoms with Crippen LogP contribution in [0.2, 0.25) is 0 Å². The number of nitrogens with one attached hydrogen (secondary N) is 2. The molecule has 0 aliphatic heterocycles. The van der Waals surface area contributed by atoms with E-state index in [-0.39, 0.29) is 30.1 Å². The second-order valence-electron chi connectivity index (χ2n) is 5.48. The van der Waals surface area contributed by atoms with Gasteiger partial charge < -0.3 is 24.8 Å². The van der Waals surface area contributed by atoms with E-state index in [1.54, 1.807) is 0 Å². The molecule has 0 aromatic rings. The fourth-order valence-corrected chi connectivity index (χ4v) is 1.56.